The zero-order valence-electron chi connectivity index (χ0n) is 12.0. The van der Waals surface area contributed by atoms with Crippen molar-refractivity contribution in [3.8, 4) is 0 Å². The van der Waals surface area contributed by atoms with E-state index in [0.29, 0.717) is 5.41 Å². The first-order valence-corrected chi connectivity index (χ1v) is 7.90. The number of piperazine rings is 1. The van der Waals surface area contributed by atoms with Crippen LogP contribution >= 0.6 is 0 Å². The van der Waals surface area contributed by atoms with Gasteiger partial charge in [0.1, 0.15) is 0 Å². The maximum Gasteiger partial charge on any atom is 0.0108 e. The highest BCUT2D eigenvalue weighted by Gasteiger charge is 2.45. The Balaban J connectivity index is 1.61. The molecule has 1 saturated carbocycles. The van der Waals surface area contributed by atoms with E-state index in [0.717, 1.165) is 5.92 Å². The first-order chi connectivity index (χ1) is 8.78. The Morgan fingerprint density at radius 3 is 2.50 bits per heavy atom. The normalized spacial score (nSPS) is 34.2. The minimum absolute atomic E-state index is 0.687. The number of hydrogen-bond acceptors (Lipinski definition) is 3. The van der Waals surface area contributed by atoms with Crippen LogP contribution in [0.2, 0.25) is 0 Å². The monoisotopic (exact) mass is 251 g/mol. The van der Waals surface area contributed by atoms with Crippen LogP contribution in [-0.4, -0.2) is 62.7 Å². The second-order valence-electron chi connectivity index (χ2n) is 6.84. The van der Waals surface area contributed by atoms with Gasteiger partial charge in [-0.15, -0.1) is 0 Å². The smallest absolute Gasteiger partial charge is 0.0108 e. The molecule has 2 heterocycles. The van der Waals surface area contributed by atoms with E-state index in [-0.39, 0.29) is 0 Å². The summed E-state index contributed by atoms with van der Waals surface area (Å²) < 4.78 is 0. The molecule has 18 heavy (non-hydrogen) atoms. The molecule has 0 bridgehead atoms. The van der Waals surface area contributed by atoms with E-state index in [1.165, 1.54) is 77.9 Å². The Kier molecular flexibility index (Phi) is 3.92. The second-order valence-corrected chi connectivity index (χ2v) is 6.84. The van der Waals surface area contributed by atoms with Crippen molar-refractivity contribution in [2.45, 2.75) is 32.1 Å². The van der Waals surface area contributed by atoms with Crippen molar-refractivity contribution in [1.82, 2.24) is 15.1 Å². The lowest BCUT2D eigenvalue weighted by molar-refractivity contribution is -0.0262. The third kappa shape index (κ3) is 2.59. The molecule has 2 aliphatic heterocycles. The Morgan fingerprint density at radius 1 is 1.11 bits per heavy atom. The van der Waals surface area contributed by atoms with Crippen molar-refractivity contribution in [2.75, 3.05) is 52.9 Å². The predicted molar refractivity (Wildman–Crippen MR) is 75.8 cm³/mol. The molecule has 1 aliphatic carbocycles. The van der Waals surface area contributed by atoms with E-state index < -0.39 is 0 Å². The topological polar surface area (TPSA) is 18.5 Å². The molecule has 0 aromatic rings. The number of rotatable bonds is 3. The lowest BCUT2D eigenvalue weighted by Gasteiger charge is -2.53. The molecule has 0 radical (unpaired) electrons. The predicted octanol–water partition coefficient (Wildman–Crippen LogP) is 1.40. The lowest BCUT2D eigenvalue weighted by Crippen LogP contribution is -2.54. The van der Waals surface area contributed by atoms with Gasteiger partial charge in [0.25, 0.3) is 0 Å². The van der Waals surface area contributed by atoms with Gasteiger partial charge < -0.3 is 15.1 Å². The molecule has 1 unspecified atom stereocenters. The third-order valence-corrected chi connectivity index (χ3v) is 5.59. The van der Waals surface area contributed by atoms with Crippen LogP contribution in [0.4, 0.5) is 0 Å². The summed E-state index contributed by atoms with van der Waals surface area (Å²) in [5.41, 5.74) is 0.687. The Labute approximate surface area is 112 Å². The zero-order valence-corrected chi connectivity index (χ0v) is 12.0. The van der Waals surface area contributed by atoms with Crippen molar-refractivity contribution in [3.05, 3.63) is 0 Å². The van der Waals surface area contributed by atoms with Crippen LogP contribution in [0.25, 0.3) is 0 Å². The highest BCUT2D eigenvalue weighted by molar-refractivity contribution is 4.98. The number of piperidine rings is 1. The summed E-state index contributed by atoms with van der Waals surface area (Å²) in [6.07, 6.45) is 7.37. The first kappa shape index (κ1) is 12.9. The molecule has 0 amide bonds. The standard InChI is InChI=1S/C15H29N3/c1-17-9-2-4-14(12-17)15(5-3-6-15)13-18-10-7-16-8-11-18/h14,16H,2-13H2,1H3. The van der Waals surface area contributed by atoms with E-state index in [1.54, 1.807) is 0 Å². The van der Waals surface area contributed by atoms with E-state index >= 15 is 0 Å². The summed E-state index contributed by atoms with van der Waals surface area (Å²) in [5.74, 6) is 0.972. The average molecular weight is 251 g/mol. The summed E-state index contributed by atoms with van der Waals surface area (Å²) in [6, 6.07) is 0. The number of nitrogens with one attached hydrogen (secondary N) is 1. The first-order valence-electron chi connectivity index (χ1n) is 7.90. The van der Waals surface area contributed by atoms with E-state index in [9.17, 15) is 0 Å². The lowest BCUT2D eigenvalue weighted by atomic mass is 9.59. The molecule has 3 rings (SSSR count). The van der Waals surface area contributed by atoms with Crippen LogP contribution in [0.5, 0.6) is 0 Å². The Hall–Kier alpha value is -0.120. The second kappa shape index (κ2) is 5.48. The number of nitrogens with zero attached hydrogens (tertiary/aromatic N) is 2. The highest BCUT2D eigenvalue weighted by Crippen LogP contribution is 2.50. The minimum Gasteiger partial charge on any atom is -0.314 e. The number of hydrogen-bond donors (Lipinski definition) is 1. The summed E-state index contributed by atoms with van der Waals surface area (Å²) in [5, 5.41) is 3.47. The Morgan fingerprint density at radius 2 is 1.89 bits per heavy atom. The highest BCUT2D eigenvalue weighted by atomic mass is 15.2. The van der Waals surface area contributed by atoms with Crippen LogP contribution in [-0.2, 0) is 0 Å². The van der Waals surface area contributed by atoms with Crippen LogP contribution in [0, 0.1) is 11.3 Å². The summed E-state index contributed by atoms with van der Waals surface area (Å²) in [4.78, 5) is 5.29. The van der Waals surface area contributed by atoms with E-state index in [4.69, 9.17) is 0 Å². The molecule has 3 aliphatic rings. The fourth-order valence-electron chi connectivity index (χ4n) is 4.31. The van der Waals surface area contributed by atoms with Gasteiger partial charge in [-0.05, 0) is 50.6 Å². The molecule has 2 saturated heterocycles. The van der Waals surface area contributed by atoms with Gasteiger partial charge in [-0.3, -0.25) is 0 Å². The maximum absolute atomic E-state index is 3.47. The molecular formula is C15H29N3. The third-order valence-electron chi connectivity index (χ3n) is 5.59. The van der Waals surface area contributed by atoms with Crippen LogP contribution in [0.15, 0.2) is 0 Å². The fourth-order valence-corrected chi connectivity index (χ4v) is 4.31. The summed E-state index contributed by atoms with van der Waals surface area (Å²) in [6.45, 7) is 8.98. The summed E-state index contributed by atoms with van der Waals surface area (Å²) >= 11 is 0. The van der Waals surface area contributed by atoms with Crippen LogP contribution in [0.1, 0.15) is 32.1 Å². The molecule has 3 nitrogen and oxygen atoms in total. The zero-order chi connectivity index (χ0) is 12.4. The number of likely N-dealkylation sites (tertiary alicyclic amines) is 1. The fraction of sp³-hybridized carbons (Fsp3) is 1.00. The molecule has 104 valence electrons. The van der Waals surface area contributed by atoms with Gasteiger partial charge in [-0.2, -0.15) is 0 Å². The van der Waals surface area contributed by atoms with Crippen molar-refractivity contribution < 1.29 is 0 Å². The van der Waals surface area contributed by atoms with Crippen LogP contribution in [0.3, 0.4) is 0 Å². The van der Waals surface area contributed by atoms with Crippen LogP contribution < -0.4 is 5.32 Å². The molecule has 0 aromatic carbocycles. The van der Waals surface area contributed by atoms with E-state index in [2.05, 4.69) is 22.2 Å². The van der Waals surface area contributed by atoms with Gasteiger partial charge in [-0.1, -0.05) is 6.42 Å². The van der Waals surface area contributed by atoms with Gasteiger partial charge in [0.05, 0.1) is 0 Å². The van der Waals surface area contributed by atoms with Crippen molar-refractivity contribution in [2.24, 2.45) is 11.3 Å². The minimum atomic E-state index is 0.687. The molecule has 0 aromatic heterocycles. The molecule has 1 atom stereocenters. The molecule has 0 spiro atoms. The Bertz CT molecular complexity index is 269. The van der Waals surface area contributed by atoms with Crippen molar-refractivity contribution >= 4 is 0 Å². The van der Waals surface area contributed by atoms with Crippen molar-refractivity contribution in [3.63, 3.8) is 0 Å². The van der Waals surface area contributed by atoms with Gasteiger partial charge in [0.2, 0.25) is 0 Å². The SMILES string of the molecule is CN1CCCC(C2(CN3CCNCC3)CCC2)C1. The quantitative estimate of drug-likeness (QED) is 0.818. The van der Waals surface area contributed by atoms with Gasteiger partial charge in [0.15, 0.2) is 0 Å². The molecule has 3 fully saturated rings. The van der Waals surface area contributed by atoms with Gasteiger partial charge in [-0.25, -0.2) is 0 Å². The average Bonchev–Trinajstić information content (AvgIpc) is 2.35. The van der Waals surface area contributed by atoms with E-state index in [1.807, 2.05) is 0 Å². The van der Waals surface area contributed by atoms with Gasteiger partial charge >= 0.3 is 0 Å². The molecule has 3 heteroatoms. The largest absolute Gasteiger partial charge is 0.314 e. The van der Waals surface area contributed by atoms with Gasteiger partial charge in [0, 0.05) is 39.3 Å². The molecular weight excluding hydrogens is 222 g/mol. The summed E-state index contributed by atoms with van der Waals surface area (Å²) in [7, 11) is 2.31. The van der Waals surface area contributed by atoms with Crippen molar-refractivity contribution in [1.29, 1.82) is 0 Å². The maximum atomic E-state index is 3.47. The molecule has 1 N–H and O–H groups in total.